The standard InChI is InChI=1S/C23H23F6N3O3/c24-22(25,26)17-9-15(10-18(11-17)23(27,28)29)13-35-19-7-4-8-32(12-20(34)31-30-14-33)21(19)16-5-2-1-3-6-16/h1-3,5-6,9-11,14,19,21H,4,7-8,12-13H2,(H,30,33)(H,31,34)/t19-,21-/m0/s1. The fourth-order valence-corrected chi connectivity index (χ4v) is 4.10. The van der Waals surface area contributed by atoms with Crippen LogP contribution in [-0.2, 0) is 33.3 Å². The van der Waals surface area contributed by atoms with Crippen LogP contribution in [0.1, 0.15) is 41.1 Å². The average molecular weight is 503 g/mol. The van der Waals surface area contributed by atoms with Crippen molar-refractivity contribution in [2.24, 2.45) is 0 Å². The molecule has 1 aliphatic rings. The summed E-state index contributed by atoms with van der Waals surface area (Å²) in [5.74, 6) is -0.494. The van der Waals surface area contributed by atoms with Gasteiger partial charge in [0, 0.05) is 0 Å². The number of halogens is 6. The Morgan fingerprint density at radius 3 is 2.23 bits per heavy atom. The lowest BCUT2D eigenvalue weighted by atomic mass is 9.92. The van der Waals surface area contributed by atoms with Crippen molar-refractivity contribution < 1.29 is 40.7 Å². The zero-order valence-electron chi connectivity index (χ0n) is 18.3. The van der Waals surface area contributed by atoms with E-state index in [4.69, 9.17) is 4.74 Å². The number of nitrogens with zero attached hydrogens (tertiary/aromatic N) is 1. The lowest BCUT2D eigenvalue weighted by Gasteiger charge is -2.41. The van der Waals surface area contributed by atoms with Gasteiger partial charge in [0.05, 0.1) is 36.4 Å². The SMILES string of the molecule is O=CNNC(=O)CN1CCC[C@H](OCc2cc(C(F)(F)F)cc(C(F)(F)F)c2)[C@@H]1c1ccccc1. The summed E-state index contributed by atoms with van der Waals surface area (Å²) in [6, 6.07) is 9.81. The van der Waals surface area contributed by atoms with Gasteiger partial charge in [-0.1, -0.05) is 30.3 Å². The fraction of sp³-hybridized carbons (Fsp3) is 0.391. The molecule has 2 aromatic carbocycles. The summed E-state index contributed by atoms with van der Waals surface area (Å²) in [4.78, 5) is 24.4. The maximum absolute atomic E-state index is 13.2. The third kappa shape index (κ3) is 7.18. The van der Waals surface area contributed by atoms with Crippen LogP contribution in [0.25, 0.3) is 0 Å². The Hall–Kier alpha value is -3.12. The Labute approximate surface area is 197 Å². The number of benzene rings is 2. The van der Waals surface area contributed by atoms with Gasteiger partial charge in [-0.25, -0.2) is 0 Å². The largest absolute Gasteiger partial charge is 0.416 e. The van der Waals surface area contributed by atoms with Gasteiger partial charge in [0.1, 0.15) is 0 Å². The monoisotopic (exact) mass is 503 g/mol. The van der Waals surface area contributed by atoms with Crippen molar-refractivity contribution in [3.8, 4) is 0 Å². The van der Waals surface area contributed by atoms with Gasteiger partial charge in [-0.15, -0.1) is 0 Å². The Morgan fingerprint density at radius 1 is 1.03 bits per heavy atom. The van der Waals surface area contributed by atoms with Crippen molar-refractivity contribution in [1.29, 1.82) is 0 Å². The second-order valence-electron chi connectivity index (χ2n) is 8.04. The molecule has 2 aromatic rings. The highest BCUT2D eigenvalue weighted by atomic mass is 19.4. The summed E-state index contributed by atoms with van der Waals surface area (Å²) in [5.41, 5.74) is 1.97. The van der Waals surface area contributed by atoms with E-state index in [-0.39, 0.29) is 18.2 Å². The Balaban J connectivity index is 1.85. The van der Waals surface area contributed by atoms with Gasteiger partial charge in [-0.3, -0.25) is 25.3 Å². The van der Waals surface area contributed by atoms with Crippen molar-refractivity contribution in [3.63, 3.8) is 0 Å². The van der Waals surface area contributed by atoms with Crippen LogP contribution < -0.4 is 10.9 Å². The molecule has 1 fully saturated rings. The molecule has 1 heterocycles. The normalized spacial score (nSPS) is 19.3. The number of hydrazine groups is 1. The van der Waals surface area contributed by atoms with Crippen LogP contribution in [0.4, 0.5) is 26.3 Å². The van der Waals surface area contributed by atoms with Gasteiger partial charge in [-0.2, -0.15) is 26.3 Å². The van der Waals surface area contributed by atoms with Gasteiger partial charge in [0.25, 0.3) is 5.91 Å². The summed E-state index contributed by atoms with van der Waals surface area (Å²) < 4.78 is 85.1. The van der Waals surface area contributed by atoms with Crippen molar-refractivity contribution in [1.82, 2.24) is 15.8 Å². The molecule has 0 aromatic heterocycles. The predicted molar refractivity (Wildman–Crippen MR) is 112 cm³/mol. The zero-order chi connectivity index (χ0) is 25.6. The second-order valence-corrected chi connectivity index (χ2v) is 8.04. The van der Waals surface area contributed by atoms with Crippen molar-refractivity contribution >= 4 is 12.3 Å². The summed E-state index contributed by atoms with van der Waals surface area (Å²) in [5, 5.41) is 0. The zero-order valence-corrected chi connectivity index (χ0v) is 18.3. The number of rotatable bonds is 8. The molecule has 0 aliphatic carbocycles. The molecular formula is C23H23F6N3O3. The number of carbonyl (C=O) groups excluding carboxylic acids is 2. The maximum Gasteiger partial charge on any atom is 0.416 e. The number of likely N-dealkylation sites (tertiary alicyclic amines) is 1. The summed E-state index contributed by atoms with van der Waals surface area (Å²) in [7, 11) is 0. The van der Waals surface area contributed by atoms with Gasteiger partial charge in [0.15, 0.2) is 0 Å². The van der Waals surface area contributed by atoms with Crippen molar-refractivity contribution in [2.75, 3.05) is 13.1 Å². The highest BCUT2D eigenvalue weighted by Gasteiger charge is 2.38. The predicted octanol–water partition coefficient (Wildman–Crippen LogP) is 4.22. The summed E-state index contributed by atoms with van der Waals surface area (Å²) >= 11 is 0. The maximum atomic E-state index is 13.2. The number of piperidine rings is 1. The van der Waals surface area contributed by atoms with Crippen molar-refractivity contribution in [3.05, 3.63) is 70.8 Å². The molecule has 3 rings (SSSR count). The third-order valence-corrected chi connectivity index (χ3v) is 5.55. The first-order valence-corrected chi connectivity index (χ1v) is 10.7. The molecule has 12 heteroatoms. The molecule has 2 N–H and O–H groups in total. The van der Waals surface area contributed by atoms with Crippen LogP contribution in [0.15, 0.2) is 48.5 Å². The average Bonchev–Trinajstić information content (AvgIpc) is 2.80. The van der Waals surface area contributed by atoms with Crippen LogP contribution in [0.2, 0.25) is 0 Å². The van der Waals surface area contributed by atoms with Gasteiger partial charge in [0.2, 0.25) is 6.41 Å². The van der Waals surface area contributed by atoms with Crippen molar-refractivity contribution in [2.45, 2.75) is 43.9 Å². The molecule has 0 unspecified atom stereocenters. The minimum atomic E-state index is -4.95. The van der Waals surface area contributed by atoms with Crippen LogP contribution in [0, 0.1) is 0 Å². The minimum Gasteiger partial charge on any atom is -0.372 e. The van der Waals surface area contributed by atoms with E-state index in [0.717, 1.165) is 5.56 Å². The number of ether oxygens (including phenoxy) is 1. The number of hydrogen-bond donors (Lipinski definition) is 2. The molecule has 1 saturated heterocycles. The highest BCUT2D eigenvalue weighted by Crippen LogP contribution is 2.38. The van der Waals surface area contributed by atoms with Gasteiger partial charge < -0.3 is 4.74 Å². The second kappa shape index (κ2) is 11.1. The van der Waals surface area contributed by atoms with Crippen LogP contribution in [0.5, 0.6) is 0 Å². The Morgan fingerprint density at radius 2 is 1.66 bits per heavy atom. The molecule has 190 valence electrons. The first-order valence-electron chi connectivity index (χ1n) is 10.7. The first kappa shape index (κ1) is 26.5. The topological polar surface area (TPSA) is 70.7 Å². The molecular weight excluding hydrogens is 480 g/mol. The van der Waals surface area contributed by atoms with E-state index in [1.165, 1.54) is 0 Å². The van der Waals surface area contributed by atoms with Crippen LogP contribution >= 0.6 is 0 Å². The van der Waals surface area contributed by atoms with E-state index in [0.29, 0.717) is 37.9 Å². The van der Waals surface area contributed by atoms with E-state index in [2.05, 4.69) is 10.9 Å². The molecule has 35 heavy (non-hydrogen) atoms. The molecule has 0 spiro atoms. The van der Waals surface area contributed by atoms with Crippen LogP contribution in [-0.4, -0.2) is 36.4 Å². The summed E-state index contributed by atoms with van der Waals surface area (Å²) in [6.07, 6.45) is -9.14. The van der Waals surface area contributed by atoms with E-state index in [1.54, 1.807) is 35.2 Å². The van der Waals surface area contributed by atoms with E-state index in [1.807, 2.05) is 0 Å². The number of hydrogen-bond acceptors (Lipinski definition) is 4. The number of amides is 2. The first-order chi connectivity index (χ1) is 16.5. The molecule has 0 bridgehead atoms. The number of nitrogens with one attached hydrogen (secondary N) is 2. The van der Waals surface area contributed by atoms with Gasteiger partial charge in [-0.05, 0) is 48.7 Å². The minimum absolute atomic E-state index is 0.0740. The molecule has 6 nitrogen and oxygen atoms in total. The number of alkyl halides is 6. The summed E-state index contributed by atoms with van der Waals surface area (Å²) in [6.45, 7) is -0.0918. The molecule has 0 saturated carbocycles. The molecule has 0 radical (unpaired) electrons. The van der Waals surface area contributed by atoms with E-state index in [9.17, 15) is 35.9 Å². The lowest BCUT2D eigenvalue weighted by Crippen LogP contribution is -2.49. The molecule has 2 atom stereocenters. The smallest absolute Gasteiger partial charge is 0.372 e. The molecule has 1 aliphatic heterocycles. The molecule has 2 amide bonds. The quantitative estimate of drug-likeness (QED) is 0.322. The Kier molecular flexibility index (Phi) is 8.39. The highest BCUT2D eigenvalue weighted by molar-refractivity contribution is 5.78. The van der Waals surface area contributed by atoms with Gasteiger partial charge >= 0.3 is 12.4 Å². The number of carbonyl (C=O) groups is 2. The lowest BCUT2D eigenvalue weighted by molar-refractivity contribution is -0.143. The third-order valence-electron chi connectivity index (χ3n) is 5.55. The van der Waals surface area contributed by atoms with Crippen LogP contribution in [0.3, 0.4) is 0 Å². The Bertz CT molecular complexity index is 982. The van der Waals surface area contributed by atoms with E-state index < -0.39 is 48.1 Å². The van der Waals surface area contributed by atoms with E-state index >= 15 is 0 Å². The fourth-order valence-electron chi connectivity index (χ4n) is 4.10.